The molecule has 1 fully saturated rings. The Kier molecular flexibility index (Phi) is 6.62. The van der Waals surface area contributed by atoms with Gasteiger partial charge in [-0.25, -0.2) is 9.97 Å². The third kappa shape index (κ3) is 5.36. The number of halogens is 1. The van der Waals surface area contributed by atoms with Gasteiger partial charge < -0.3 is 10.4 Å². The highest BCUT2D eigenvalue weighted by Crippen LogP contribution is 2.30. The Morgan fingerprint density at radius 1 is 1.07 bits per heavy atom. The van der Waals surface area contributed by atoms with E-state index < -0.39 is 0 Å². The summed E-state index contributed by atoms with van der Waals surface area (Å²) < 4.78 is 1.14. The van der Waals surface area contributed by atoms with Crippen LogP contribution in [0.1, 0.15) is 36.9 Å². The number of aromatic hydroxyl groups is 1. The summed E-state index contributed by atoms with van der Waals surface area (Å²) in [6.07, 6.45) is 7.71. The topological polar surface area (TPSA) is 75.1 Å². The quantitative estimate of drug-likeness (QED) is 0.435. The van der Waals surface area contributed by atoms with E-state index in [0.29, 0.717) is 18.2 Å². The van der Waals surface area contributed by atoms with Crippen LogP contribution in [0.15, 0.2) is 54.7 Å². The highest BCUT2D eigenvalue weighted by molar-refractivity contribution is 14.1. The molecule has 0 atom stereocenters. The van der Waals surface area contributed by atoms with E-state index >= 15 is 0 Å². The van der Waals surface area contributed by atoms with Crippen molar-refractivity contribution >= 4 is 34.3 Å². The summed E-state index contributed by atoms with van der Waals surface area (Å²) in [6, 6.07) is 14.9. The molecule has 154 valence electrons. The first-order valence-corrected chi connectivity index (χ1v) is 11.3. The number of nitrogens with one attached hydrogen (secondary N) is 1. The van der Waals surface area contributed by atoms with Crippen molar-refractivity contribution in [3.8, 4) is 17.0 Å². The minimum Gasteiger partial charge on any atom is -0.508 e. The molecule has 1 aromatic heterocycles. The Balaban J connectivity index is 1.56. The standard InChI is InChI=1S/C24H24IN3O2/c25-19-9-5-17(6-10-19)14-23(30)28-24-21(13-16-3-1-2-4-16)27-22(15-26-24)18-7-11-20(29)12-8-18/h5-12,15-16,29H,1-4,13-14H2,(H,26,28,30). The molecule has 0 saturated heterocycles. The van der Waals surface area contributed by atoms with Crippen LogP contribution in [-0.4, -0.2) is 21.0 Å². The molecule has 6 heteroatoms. The number of hydrogen-bond acceptors (Lipinski definition) is 4. The summed E-state index contributed by atoms with van der Waals surface area (Å²) in [5, 5.41) is 12.5. The van der Waals surface area contributed by atoms with Gasteiger partial charge in [-0.05, 0) is 76.9 Å². The lowest BCUT2D eigenvalue weighted by Gasteiger charge is -2.14. The summed E-state index contributed by atoms with van der Waals surface area (Å²) in [5.74, 6) is 1.27. The van der Waals surface area contributed by atoms with Gasteiger partial charge in [0.1, 0.15) is 5.75 Å². The Bertz CT molecular complexity index is 1010. The van der Waals surface area contributed by atoms with Crippen LogP contribution in [0.2, 0.25) is 0 Å². The number of benzene rings is 2. The van der Waals surface area contributed by atoms with Gasteiger partial charge in [-0.1, -0.05) is 37.8 Å². The van der Waals surface area contributed by atoms with E-state index in [9.17, 15) is 9.90 Å². The molecule has 0 spiro atoms. The third-order valence-electron chi connectivity index (χ3n) is 5.50. The first-order chi connectivity index (χ1) is 14.6. The molecule has 30 heavy (non-hydrogen) atoms. The molecule has 3 aromatic rings. The van der Waals surface area contributed by atoms with Crippen molar-refractivity contribution in [2.45, 2.75) is 38.5 Å². The summed E-state index contributed by atoms with van der Waals surface area (Å²) in [5.41, 5.74) is 3.45. The summed E-state index contributed by atoms with van der Waals surface area (Å²) >= 11 is 2.25. The van der Waals surface area contributed by atoms with Crippen molar-refractivity contribution in [2.75, 3.05) is 5.32 Å². The maximum Gasteiger partial charge on any atom is 0.229 e. The molecule has 5 nitrogen and oxygen atoms in total. The number of phenolic OH excluding ortho intramolecular Hbond substituents is 1. The maximum absolute atomic E-state index is 12.6. The zero-order valence-corrected chi connectivity index (χ0v) is 18.8. The molecule has 1 heterocycles. The monoisotopic (exact) mass is 513 g/mol. The summed E-state index contributed by atoms with van der Waals surface area (Å²) in [4.78, 5) is 22.0. The van der Waals surface area contributed by atoms with E-state index in [4.69, 9.17) is 4.98 Å². The molecule has 0 unspecified atom stereocenters. The lowest BCUT2D eigenvalue weighted by molar-refractivity contribution is -0.115. The average molecular weight is 513 g/mol. The van der Waals surface area contributed by atoms with Gasteiger partial charge in [0.05, 0.1) is 24.0 Å². The number of nitrogens with zero attached hydrogens (tertiary/aromatic N) is 2. The molecule has 1 aliphatic carbocycles. The smallest absolute Gasteiger partial charge is 0.229 e. The van der Waals surface area contributed by atoms with Crippen LogP contribution < -0.4 is 5.32 Å². The normalized spacial score (nSPS) is 14.0. The van der Waals surface area contributed by atoms with Gasteiger partial charge in [-0.2, -0.15) is 0 Å². The lowest BCUT2D eigenvalue weighted by Crippen LogP contribution is -2.18. The van der Waals surface area contributed by atoms with Gasteiger partial charge in [-0.3, -0.25) is 4.79 Å². The van der Waals surface area contributed by atoms with E-state index in [-0.39, 0.29) is 11.7 Å². The predicted octanol–water partition coefficient (Wildman–Crippen LogP) is 5.37. The molecule has 1 aliphatic rings. The first-order valence-electron chi connectivity index (χ1n) is 10.3. The summed E-state index contributed by atoms with van der Waals surface area (Å²) in [6.45, 7) is 0. The lowest BCUT2D eigenvalue weighted by atomic mass is 10.0. The van der Waals surface area contributed by atoms with Crippen LogP contribution in [0.5, 0.6) is 5.75 Å². The van der Waals surface area contributed by atoms with E-state index in [2.05, 4.69) is 32.9 Å². The Morgan fingerprint density at radius 3 is 2.47 bits per heavy atom. The number of aromatic nitrogens is 2. The fraction of sp³-hybridized carbons (Fsp3) is 0.292. The van der Waals surface area contributed by atoms with Crippen LogP contribution in [-0.2, 0) is 17.6 Å². The number of carbonyl (C=O) groups is 1. The second-order valence-corrected chi connectivity index (χ2v) is 9.05. The van der Waals surface area contributed by atoms with Gasteiger partial charge in [0.15, 0.2) is 5.82 Å². The number of rotatable bonds is 6. The van der Waals surface area contributed by atoms with Crippen molar-refractivity contribution in [3.05, 3.63) is 69.6 Å². The number of anilines is 1. The predicted molar refractivity (Wildman–Crippen MR) is 126 cm³/mol. The molecular formula is C24H24IN3O2. The fourth-order valence-corrected chi connectivity index (χ4v) is 4.26. The average Bonchev–Trinajstić information content (AvgIpc) is 3.25. The number of phenols is 1. The molecule has 0 aliphatic heterocycles. The van der Waals surface area contributed by atoms with Crippen molar-refractivity contribution in [3.63, 3.8) is 0 Å². The Labute approximate surface area is 190 Å². The molecule has 0 bridgehead atoms. The zero-order chi connectivity index (χ0) is 20.9. The fourth-order valence-electron chi connectivity index (χ4n) is 3.90. The number of hydrogen-bond donors (Lipinski definition) is 2. The molecule has 0 radical (unpaired) electrons. The first kappa shape index (κ1) is 20.8. The van der Waals surface area contributed by atoms with Crippen LogP contribution in [0, 0.1) is 9.49 Å². The van der Waals surface area contributed by atoms with Crippen LogP contribution in [0.25, 0.3) is 11.3 Å². The van der Waals surface area contributed by atoms with Gasteiger partial charge >= 0.3 is 0 Å². The van der Waals surface area contributed by atoms with Crippen LogP contribution >= 0.6 is 22.6 Å². The molecular weight excluding hydrogens is 489 g/mol. The second kappa shape index (κ2) is 9.55. The molecule has 4 rings (SSSR count). The number of carbonyl (C=O) groups excluding carboxylic acids is 1. The van der Waals surface area contributed by atoms with E-state index in [1.165, 1.54) is 25.7 Å². The van der Waals surface area contributed by atoms with Crippen LogP contribution in [0.3, 0.4) is 0 Å². The maximum atomic E-state index is 12.6. The van der Waals surface area contributed by atoms with Gasteiger partial charge in [0.2, 0.25) is 5.91 Å². The highest BCUT2D eigenvalue weighted by atomic mass is 127. The van der Waals surface area contributed by atoms with Gasteiger partial charge in [0.25, 0.3) is 0 Å². The van der Waals surface area contributed by atoms with Crippen molar-refractivity contribution in [1.29, 1.82) is 0 Å². The molecule has 2 N–H and O–H groups in total. The Hall–Kier alpha value is -2.48. The van der Waals surface area contributed by atoms with Crippen molar-refractivity contribution in [1.82, 2.24) is 9.97 Å². The minimum atomic E-state index is -0.0874. The minimum absolute atomic E-state index is 0.0874. The summed E-state index contributed by atoms with van der Waals surface area (Å²) in [7, 11) is 0. The van der Waals surface area contributed by atoms with E-state index in [0.717, 1.165) is 32.5 Å². The van der Waals surface area contributed by atoms with E-state index in [1.54, 1.807) is 18.3 Å². The second-order valence-electron chi connectivity index (χ2n) is 7.80. The van der Waals surface area contributed by atoms with Gasteiger partial charge in [0, 0.05) is 9.13 Å². The van der Waals surface area contributed by atoms with Gasteiger partial charge in [-0.15, -0.1) is 0 Å². The molecule has 1 saturated carbocycles. The largest absolute Gasteiger partial charge is 0.508 e. The zero-order valence-electron chi connectivity index (χ0n) is 16.6. The molecule has 2 aromatic carbocycles. The third-order valence-corrected chi connectivity index (χ3v) is 6.22. The molecule has 1 amide bonds. The number of amides is 1. The highest BCUT2D eigenvalue weighted by Gasteiger charge is 2.20. The van der Waals surface area contributed by atoms with E-state index in [1.807, 2.05) is 36.4 Å². The SMILES string of the molecule is O=C(Cc1ccc(I)cc1)Nc1ncc(-c2ccc(O)cc2)nc1CC1CCCC1. The van der Waals surface area contributed by atoms with Crippen LogP contribution in [0.4, 0.5) is 5.82 Å². The van der Waals surface area contributed by atoms with Crippen molar-refractivity contribution < 1.29 is 9.90 Å². The Morgan fingerprint density at radius 2 is 1.77 bits per heavy atom. The van der Waals surface area contributed by atoms with Crippen molar-refractivity contribution in [2.24, 2.45) is 5.92 Å².